The Hall–Kier alpha value is -1.42. The molecule has 1 rings (SSSR count). The fraction of sp³-hybridized carbons (Fsp3) is 0.562. The normalized spacial score (nSPS) is 10.7. The van der Waals surface area contributed by atoms with Crippen LogP contribution in [-0.2, 0) is 0 Å². The first kappa shape index (κ1) is 17.6. The molecule has 0 heterocycles. The van der Waals surface area contributed by atoms with E-state index in [-0.39, 0.29) is 5.91 Å². The van der Waals surface area contributed by atoms with Crippen molar-refractivity contribution in [1.82, 2.24) is 5.32 Å². The Morgan fingerprint density at radius 2 is 2.00 bits per heavy atom. The van der Waals surface area contributed by atoms with Crippen LogP contribution < -0.4 is 15.8 Å². The zero-order valence-corrected chi connectivity index (χ0v) is 13.8. The maximum Gasteiger partial charge on any atom is 0.255 e. The largest absolute Gasteiger partial charge is 0.493 e. The maximum absolute atomic E-state index is 12.3. The molecule has 0 radical (unpaired) electrons. The van der Waals surface area contributed by atoms with Crippen LogP contribution >= 0.6 is 11.6 Å². The minimum Gasteiger partial charge on any atom is -0.493 e. The highest BCUT2D eigenvalue weighted by molar-refractivity contribution is 6.33. The fourth-order valence-corrected chi connectivity index (χ4v) is 2.37. The summed E-state index contributed by atoms with van der Waals surface area (Å²) in [5.41, 5.74) is 6.59. The molecule has 21 heavy (non-hydrogen) atoms. The number of anilines is 1. The number of hydrogen-bond acceptors (Lipinski definition) is 3. The Morgan fingerprint density at radius 1 is 1.33 bits per heavy atom. The van der Waals surface area contributed by atoms with E-state index in [4.69, 9.17) is 22.1 Å². The Balaban J connectivity index is 2.74. The van der Waals surface area contributed by atoms with Crippen molar-refractivity contribution < 1.29 is 9.53 Å². The number of halogens is 1. The van der Waals surface area contributed by atoms with Crippen molar-refractivity contribution >= 4 is 23.2 Å². The second-order valence-corrected chi connectivity index (χ2v) is 5.44. The van der Waals surface area contributed by atoms with Gasteiger partial charge in [-0.05, 0) is 25.3 Å². The number of nitrogens with one attached hydrogen (secondary N) is 1. The van der Waals surface area contributed by atoms with E-state index >= 15 is 0 Å². The van der Waals surface area contributed by atoms with E-state index in [0.717, 1.165) is 19.3 Å². The van der Waals surface area contributed by atoms with Gasteiger partial charge in [0.15, 0.2) is 0 Å². The molecule has 0 aliphatic heterocycles. The summed E-state index contributed by atoms with van der Waals surface area (Å²) in [6, 6.07) is 3.16. The summed E-state index contributed by atoms with van der Waals surface area (Å²) in [7, 11) is 0. The van der Waals surface area contributed by atoms with Gasteiger partial charge in [0.1, 0.15) is 5.75 Å². The van der Waals surface area contributed by atoms with Crippen LogP contribution in [0, 0.1) is 5.92 Å². The number of rotatable bonds is 8. The number of nitrogens with two attached hydrogens (primary N) is 1. The Morgan fingerprint density at radius 3 is 2.57 bits per heavy atom. The summed E-state index contributed by atoms with van der Waals surface area (Å²) in [6.07, 6.45) is 3.24. The van der Waals surface area contributed by atoms with Crippen LogP contribution in [0.25, 0.3) is 0 Å². The number of nitrogen functional groups attached to an aromatic ring is 1. The first-order valence-corrected chi connectivity index (χ1v) is 7.91. The smallest absolute Gasteiger partial charge is 0.255 e. The van der Waals surface area contributed by atoms with Gasteiger partial charge in [-0.15, -0.1) is 0 Å². The lowest BCUT2D eigenvalue weighted by molar-refractivity contribution is 0.0947. The third-order valence-electron chi connectivity index (χ3n) is 3.64. The lowest BCUT2D eigenvalue weighted by Crippen LogP contribution is -2.26. The number of carbonyl (C=O) groups is 1. The molecular formula is C16H25ClN2O2. The van der Waals surface area contributed by atoms with Gasteiger partial charge in [-0.2, -0.15) is 0 Å². The molecule has 4 nitrogen and oxygen atoms in total. The number of amides is 1. The molecule has 3 N–H and O–H groups in total. The van der Waals surface area contributed by atoms with E-state index in [0.29, 0.717) is 41.1 Å². The summed E-state index contributed by atoms with van der Waals surface area (Å²) >= 11 is 6.00. The van der Waals surface area contributed by atoms with Crippen molar-refractivity contribution in [2.45, 2.75) is 40.0 Å². The van der Waals surface area contributed by atoms with E-state index in [9.17, 15) is 4.79 Å². The average Bonchev–Trinajstić information content (AvgIpc) is 2.47. The summed E-state index contributed by atoms with van der Waals surface area (Å²) in [4.78, 5) is 12.3. The number of hydrogen-bond donors (Lipinski definition) is 2. The van der Waals surface area contributed by atoms with Gasteiger partial charge in [-0.1, -0.05) is 38.3 Å². The number of ether oxygens (including phenoxy) is 1. The Labute approximate surface area is 132 Å². The van der Waals surface area contributed by atoms with Crippen LogP contribution in [0.1, 0.15) is 50.4 Å². The van der Waals surface area contributed by atoms with Gasteiger partial charge in [0.2, 0.25) is 0 Å². The molecule has 0 unspecified atom stereocenters. The van der Waals surface area contributed by atoms with Gasteiger partial charge >= 0.3 is 0 Å². The van der Waals surface area contributed by atoms with Crippen molar-refractivity contribution in [2.24, 2.45) is 5.92 Å². The quantitative estimate of drug-likeness (QED) is 0.716. The van der Waals surface area contributed by atoms with Gasteiger partial charge in [0.05, 0.1) is 22.9 Å². The average molecular weight is 313 g/mol. The standard InChI is InChI=1S/C16H25ClN2O2/c1-4-11(5-2)7-8-19-16(20)12-9-13(17)14(18)10-15(12)21-6-3/h9-11H,4-8,18H2,1-3H3,(H,19,20). The van der Waals surface area contributed by atoms with Crippen molar-refractivity contribution in [3.63, 3.8) is 0 Å². The van der Waals surface area contributed by atoms with Gasteiger partial charge in [0.25, 0.3) is 5.91 Å². The minimum absolute atomic E-state index is 0.175. The molecule has 5 heteroatoms. The molecule has 0 atom stereocenters. The number of benzene rings is 1. The van der Waals surface area contributed by atoms with Gasteiger partial charge in [-0.3, -0.25) is 4.79 Å². The van der Waals surface area contributed by atoms with E-state index in [1.54, 1.807) is 12.1 Å². The Kier molecular flexibility index (Phi) is 7.37. The van der Waals surface area contributed by atoms with E-state index in [1.165, 1.54) is 0 Å². The lowest BCUT2D eigenvalue weighted by Gasteiger charge is -2.15. The predicted molar refractivity (Wildman–Crippen MR) is 88.1 cm³/mol. The summed E-state index contributed by atoms with van der Waals surface area (Å²) in [5.74, 6) is 0.942. The van der Waals surface area contributed by atoms with Crippen molar-refractivity contribution in [3.05, 3.63) is 22.7 Å². The molecule has 0 fully saturated rings. The highest BCUT2D eigenvalue weighted by Crippen LogP contribution is 2.29. The molecule has 118 valence electrons. The molecule has 0 aliphatic rings. The number of carbonyl (C=O) groups excluding carboxylic acids is 1. The van der Waals surface area contributed by atoms with Crippen LogP contribution in [0.4, 0.5) is 5.69 Å². The second kappa shape index (κ2) is 8.78. The molecule has 0 saturated heterocycles. The zero-order valence-electron chi connectivity index (χ0n) is 13.0. The van der Waals surface area contributed by atoms with Crippen molar-refractivity contribution in [1.29, 1.82) is 0 Å². The van der Waals surface area contributed by atoms with Crippen LogP contribution in [0.5, 0.6) is 5.75 Å². The fourth-order valence-electron chi connectivity index (χ4n) is 2.20. The predicted octanol–water partition coefficient (Wildman–Crippen LogP) is 3.88. The highest BCUT2D eigenvalue weighted by Gasteiger charge is 2.15. The minimum atomic E-state index is -0.175. The molecule has 0 aromatic heterocycles. The van der Waals surface area contributed by atoms with Crippen molar-refractivity contribution in [2.75, 3.05) is 18.9 Å². The van der Waals surface area contributed by atoms with Crippen LogP contribution in [-0.4, -0.2) is 19.1 Å². The Bertz CT molecular complexity index is 474. The molecule has 1 amide bonds. The third-order valence-corrected chi connectivity index (χ3v) is 3.96. The van der Waals surface area contributed by atoms with E-state index < -0.39 is 0 Å². The molecule has 0 spiro atoms. The molecule has 0 bridgehead atoms. The summed E-state index contributed by atoms with van der Waals surface area (Å²) in [6.45, 7) is 7.32. The molecular weight excluding hydrogens is 288 g/mol. The lowest BCUT2D eigenvalue weighted by atomic mass is 9.99. The monoisotopic (exact) mass is 312 g/mol. The highest BCUT2D eigenvalue weighted by atomic mass is 35.5. The zero-order chi connectivity index (χ0) is 15.8. The van der Waals surface area contributed by atoms with E-state index in [2.05, 4.69) is 19.2 Å². The van der Waals surface area contributed by atoms with Gasteiger partial charge in [0, 0.05) is 12.6 Å². The maximum atomic E-state index is 12.3. The molecule has 0 aliphatic carbocycles. The van der Waals surface area contributed by atoms with Crippen LogP contribution in [0.15, 0.2) is 12.1 Å². The van der Waals surface area contributed by atoms with Gasteiger partial charge in [-0.25, -0.2) is 0 Å². The topological polar surface area (TPSA) is 64.3 Å². The van der Waals surface area contributed by atoms with Gasteiger partial charge < -0.3 is 15.8 Å². The van der Waals surface area contributed by atoms with Crippen LogP contribution in [0.3, 0.4) is 0 Å². The first-order valence-electron chi connectivity index (χ1n) is 7.53. The molecule has 1 aromatic carbocycles. The van der Waals surface area contributed by atoms with E-state index in [1.807, 2.05) is 6.92 Å². The summed E-state index contributed by atoms with van der Waals surface area (Å²) < 4.78 is 5.46. The third kappa shape index (κ3) is 5.12. The molecule has 1 aromatic rings. The van der Waals surface area contributed by atoms with Crippen molar-refractivity contribution in [3.8, 4) is 5.75 Å². The van der Waals surface area contributed by atoms with Crippen LogP contribution in [0.2, 0.25) is 5.02 Å². The summed E-state index contributed by atoms with van der Waals surface area (Å²) in [5, 5.41) is 3.29. The second-order valence-electron chi connectivity index (χ2n) is 5.03. The SMILES string of the molecule is CCOc1cc(N)c(Cl)cc1C(=O)NCCC(CC)CC. The first-order chi connectivity index (χ1) is 10.0. The molecule has 0 saturated carbocycles.